The molecule has 3 nitrogen and oxygen atoms in total. The summed E-state index contributed by atoms with van der Waals surface area (Å²) in [5.74, 6) is 0.916. The first-order valence-electron chi connectivity index (χ1n) is 4.77. The van der Waals surface area contributed by atoms with Gasteiger partial charge in [-0.3, -0.25) is 0 Å². The normalized spacial score (nSPS) is 10.6. The molecule has 0 unspecified atom stereocenters. The zero-order chi connectivity index (χ0) is 10.4. The molecule has 4 heteroatoms. The van der Waals surface area contributed by atoms with Gasteiger partial charge in [-0.1, -0.05) is 13.8 Å². The number of rotatable bonds is 5. The van der Waals surface area contributed by atoms with Crippen molar-refractivity contribution < 1.29 is 0 Å². The van der Waals surface area contributed by atoms with Crippen LogP contribution in [0.1, 0.15) is 13.8 Å². The zero-order valence-electron chi connectivity index (χ0n) is 8.55. The van der Waals surface area contributed by atoms with E-state index in [1.54, 1.807) is 6.20 Å². The summed E-state index contributed by atoms with van der Waals surface area (Å²) in [7, 11) is 0. The van der Waals surface area contributed by atoms with E-state index in [9.17, 15) is 0 Å². The predicted octanol–water partition coefficient (Wildman–Crippen LogP) is 2.25. The van der Waals surface area contributed by atoms with Gasteiger partial charge in [0.25, 0.3) is 0 Å². The SMILES string of the molecule is CC(C)NCCNc1ccc(Br)cn1. The number of halogens is 1. The van der Waals surface area contributed by atoms with Crippen LogP contribution >= 0.6 is 15.9 Å². The standard InChI is InChI=1S/C10H16BrN3/c1-8(2)12-5-6-13-10-4-3-9(11)7-14-10/h3-4,7-8,12H,5-6H2,1-2H3,(H,13,14). The molecule has 1 heterocycles. The fraction of sp³-hybridized carbons (Fsp3) is 0.500. The highest BCUT2D eigenvalue weighted by atomic mass is 79.9. The van der Waals surface area contributed by atoms with Crippen molar-refractivity contribution in [3.63, 3.8) is 0 Å². The Kier molecular flexibility index (Phi) is 4.90. The van der Waals surface area contributed by atoms with Crippen LogP contribution in [0.5, 0.6) is 0 Å². The average Bonchev–Trinajstić information content (AvgIpc) is 2.15. The largest absolute Gasteiger partial charge is 0.369 e. The first kappa shape index (κ1) is 11.5. The number of aromatic nitrogens is 1. The molecule has 0 aliphatic rings. The van der Waals surface area contributed by atoms with Crippen molar-refractivity contribution >= 4 is 21.7 Å². The van der Waals surface area contributed by atoms with E-state index in [-0.39, 0.29) is 0 Å². The van der Waals surface area contributed by atoms with E-state index in [1.165, 1.54) is 0 Å². The molecule has 0 spiro atoms. The summed E-state index contributed by atoms with van der Waals surface area (Å²) in [4.78, 5) is 4.21. The van der Waals surface area contributed by atoms with Gasteiger partial charge < -0.3 is 10.6 Å². The average molecular weight is 258 g/mol. The fourth-order valence-corrected chi connectivity index (χ4v) is 1.27. The van der Waals surface area contributed by atoms with E-state index in [1.807, 2.05) is 12.1 Å². The Bertz CT molecular complexity index is 259. The van der Waals surface area contributed by atoms with E-state index >= 15 is 0 Å². The van der Waals surface area contributed by atoms with Crippen molar-refractivity contribution in [3.05, 3.63) is 22.8 Å². The highest BCUT2D eigenvalue weighted by Crippen LogP contribution is 2.09. The second-order valence-electron chi connectivity index (χ2n) is 3.40. The lowest BCUT2D eigenvalue weighted by atomic mass is 10.4. The Balaban J connectivity index is 2.21. The molecule has 2 N–H and O–H groups in total. The van der Waals surface area contributed by atoms with E-state index < -0.39 is 0 Å². The van der Waals surface area contributed by atoms with Gasteiger partial charge in [0.2, 0.25) is 0 Å². The van der Waals surface area contributed by atoms with Crippen LogP contribution in [-0.2, 0) is 0 Å². The Morgan fingerprint density at radius 2 is 2.14 bits per heavy atom. The minimum atomic E-state index is 0.537. The molecule has 0 aliphatic carbocycles. The summed E-state index contributed by atoms with van der Waals surface area (Å²) in [5, 5.41) is 6.56. The van der Waals surface area contributed by atoms with Gasteiger partial charge in [-0.2, -0.15) is 0 Å². The number of hydrogen-bond acceptors (Lipinski definition) is 3. The van der Waals surface area contributed by atoms with E-state index in [0.29, 0.717) is 6.04 Å². The molecule has 0 bridgehead atoms. The van der Waals surface area contributed by atoms with Crippen LogP contribution in [0.3, 0.4) is 0 Å². The lowest BCUT2D eigenvalue weighted by Crippen LogP contribution is -2.28. The maximum Gasteiger partial charge on any atom is 0.126 e. The molecule has 1 aromatic rings. The molecule has 0 aliphatic heterocycles. The van der Waals surface area contributed by atoms with Gasteiger partial charge in [-0.15, -0.1) is 0 Å². The number of hydrogen-bond donors (Lipinski definition) is 2. The van der Waals surface area contributed by atoms with Gasteiger partial charge in [0.1, 0.15) is 5.82 Å². The maximum atomic E-state index is 4.21. The Labute approximate surface area is 93.4 Å². The minimum absolute atomic E-state index is 0.537. The molecule has 0 fully saturated rings. The Morgan fingerprint density at radius 3 is 2.71 bits per heavy atom. The molecule has 0 saturated carbocycles. The van der Waals surface area contributed by atoms with Crippen molar-refractivity contribution in [2.45, 2.75) is 19.9 Å². The number of anilines is 1. The van der Waals surface area contributed by atoms with Crippen molar-refractivity contribution in [1.29, 1.82) is 0 Å². The van der Waals surface area contributed by atoms with Gasteiger partial charge in [0.05, 0.1) is 0 Å². The highest BCUT2D eigenvalue weighted by molar-refractivity contribution is 9.10. The molecule has 1 aromatic heterocycles. The number of nitrogens with one attached hydrogen (secondary N) is 2. The monoisotopic (exact) mass is 257 g/mol. The van der Waals surface area contributed by atoms with Crippen LogP contribution < -0.4 is 10.6 Å². The molecular weight excluding hydrogens is 242 g/mol. The van der Waals surface area contributed by atoms with Gasteiger partial charge in [-0.25, -0.2) is 4.98 Å². The van der Waals surface area contributed by atoms with Gasteiger partial charge in [0.15, 0.2) is 0 Å². The predicted molar refractivity (Wildman–Crippen MR) is 63.6 cm³/mol. The molecule has 0 aromatic carbocycles. The molecule has 0 radical (unpaired) electrons. The van der Waals surface area contributed by atoms with Crippen LogP contribution in [0.25, 0.3) is 0 Å². The van der Waals surface area contributed by atoms with E-state index in [2.05, 4.69) is 45.4 Å². The topological polar surface area (TPSA) is 37.0 Å². The second kappa shape index (κ2) is 5.98. The van der Waals surface area contributed by atoms with Gasteiger partial charge in [-0.05, 0) is 28.1 Å². The van der Waals surface area contributed by atoms with Crippen LogP contribution in [0, 0.1) is 0 Å². The molecule has 78 valence electrons. The molecule has 0 amide bonds. The highest BCUT2D eigenvalue weighted by Gasteiger charge is 1.94. The molecular formula is C10H16BrN3. The summed E-state index contributed by atoms with van der Waals surface area (Å²) < 4.78 is 1.00. The molecule has 1 rings (SSSR count). The lowest BCUT2D eigenvalue weighted by Gasteiger charge is -2.09. The van der Waals surface area contributed by atoms with E-state index in [4.69, 9.17) is 0 Å². The van der Waals surface area contributed by atoms with Crippen LogP contribution in [0.4, 0.5) is 5.82 Å². The number of pyridine rings is 1. The minimum Gasteiger partial charge on any atom is -0.369 e. The van der Waals surface area contributed by atoms with E-state index in [0.717, 1.165) is 23.4 Å². The first-order chi connectivity index (χ1) is 6.68. The molecule has 0 atom stereocenters. The van der Waals surface area contributed by atoms with Crippen LogP contribution in [-0.4, -0.2) is 24.1 Å². The zero-order valence-corrected chi connectivity index (χ0v) is 10.1. The van der Waals surface area contributed by atoms with Crippen molar-refractivity contribution in [2.75, 3.05) is 18.4 Å². The third-order valence-electron chi connectivity index (χ3n) is 1.71. The van der Waals surface area contributed by atoms with Crippen molar-refractivity contribution in [1.82, 2.24) is 10.3 Å². The van der Waals surface area contributed by atoms with Gasteiger partial charge in [0, 0.05) is 29.8 Å². The van der Waals surface area contributed by atoms with Crippen molar-refractivity contribution in [3.8, 4) is 0 Å². The maximum absolute atomic E-state index is 4.21. The fourth-order valence-electron chi connectivity index (χ4n) is 1.03. The second-order valence-corrected chi connectivity index (χ2v) is 4.31. The van der Waals surface area contributed by atoms with Crippen LogP contribution in [0.15, 0.2) is 22.8 Å². The number of nitrogens with zero attached hydrogens (tertiary/aromatic N) is 1. The quantitative estimate of drug-likeness (QED) is 0.795. The first-order valence-corrected chi connectivity index (χ1v) is 5.56. The Morgan fingerprint density at radius 1 is 1.36 bits per heavy atom. The third-order valence-corrected chi connectivity index (χ3v) is 2.18. The van der Waals surface area contributed by atoms with Crippen molar-refractivity contribution in [2.24, 2.45) is 0 Å². The smallest absolute Gasteiger partial charge is 0.126 e. The third kappa shape index (κ3) is 4.58. The Hall–Kier alpha value is -0.610. The summed E-state index contributed by atoms with van der Waals surface area (Å²) in [6, 6.07) is 4.47. The summed E-state index contributed by atoms with van der Waals surface area (Å²) in [6.07, 6.45) is 1.79. The molecule has 14 heavy (non-hydrogen) atoms. The lowest BCUT2D eigenvalue weighted by molar-refractivity contribution is 0.602. The summed E-state index contributed by atoms with van der Waals surface area (Å²) in [5.41, 5.74) is 0. The van der Waals surface area contributed by atoms with Gasteiger partial charge >= 0.3 is 0 Å². The summed E-state index contributed by atoms with van der Waals surface area (Å²) >= 11 is 3.34. The molecule has 0 saturated heterocycles. The van der Waals surface area contributed by atoms with Crippen LogP contribution in [0.2, 0.25) is 0 Å². The summed E-state index contributed by atoms with van der Waals surface area (Å²) in [6.45, 7) is 6.12.